The van der Waals surface area contributed by atoms with Gasteiger partial charge >= 0.3 is 0 Å². The van der Waals surface area contributed by atoms with Gasteiger partial charge in [0.05, 0.1) is 0 Å². The lowest BCUT2D eigenvalue weighted by Crippen LogP contribution is -2.21. The Bertz CT molecular complexity index is 524. The maximum absolute atomic E-state index is 6.60. The summed E-state index contributed by atoms with van der Waals surface area (Å²) in [6.07, 6.45) is 0. The van der Waals surface area contributed by atoms with Crippen LogP contribution in [0.1, 0.15) is 43.2 Å². The van der Waals surface area contributed by atoms with E-state index in [1.165, 1.54) is 11.1 Å². The molecule has 0 amide bonds. The average Bonchev–Trinajstić information content (AvgIpc) is 2.53. The molecule has 3 unspecified atom stereocenters. The smallest absolute Gasteiger partial charge is 0.0492 e. The number of nitrogens with two attached hydrogens (primary N) is 1. The van der Waals surface area contributed by atoms with Crippen LogP contribution in [-0.2, 0) is 0 Å². The molecule has 0 aliphatic rings. The Morgan fingerprint density at radius 1 is 0.762 bits per heavy atom. The number of hydrogen-bond acceptors (Lipinski definition) is 2. The Hall–Kier alpha value is -1.25. The first-order valence-corrected chi connectivity index (χ1v) is 8.54. The summed E-state index contributed by atoms with van der Waals surface area (Å²) in [5, 5.41) is 0.857. The summed E-state index contributed by atoms with van der Waals surface area (Å²) in [6.45, 7) is 6.84. The minimum Gasteiger partial charge on any atom is -0.323 e. The van der Waals surface area contributed by atoms with Crippen molar-refractivity contribution in [2.75, 3.05) is 0 Å². The molecule has 21 heavy (non-hydrogen) atoms. The second kappa shape index (κ2) is 7.67. The molecular weight excluding hydrogens is 274 g/mol. The van der Waals surface area contributed by atoms with E-state index in [2.05, 4.69) is 75.4 Å². The zero-order valence-electron chi connectivity index (χ0n) is 13.1. The molecule has 0 fully saturated rings. The molecule has 2 heteroatoms. The fraction of sp³-hybridized carbons (Fsp3) is 0.368. The molecule has 2 aromatic rings. The highest BCUT2D eigenvalue weighted by Gasteiger charge is 2.25. The van der Waals surface area contributed by atoms with Gasteiger partial charge in [0, 0.05) is 16.5 Å². The van der Waals surface area contributed by atoms with E-state index in [9.17, 15) is 0 Å². The van der Waals surface area contributed by atoms with Gasteiger partial charge in [0.25, 0.3) is 0 Å². The Labute approximate surface area is 133 Å². The van der Waals surface area contributed by atoms with Gasteiger partial charge in [0.1, 0.15) is 0 Å². The molecule has 0 aromatic heterocycles. The van der Waals surface area contributed by atoms with Gasteiger partial charge in [-0.1, -0.05) is 81.4 Å². The molecule has 3 atom stereocenters. The summed E-state index contributed by atoms with van der Waals surface area (Å²) >= 11 is 1.98. The Morgan fingerprint density at radius 3 is 1.71 bits per heavy atom. The van der Waals surface area contributed by atoms with Crippen molar-refractivity contribution in [2.45, 2.75) is 37.3 Å². The van der Waals surface area contributed by atoms with Crippen molar-refractivity contribution in [2.24, 2.45) is 11.7 Å². The van der Waals surface area contributed by atoms with Crippen molar-refractivity contribution < 1.29 is 0 Å². The summed E-state index contributed by atoms with van der Waals surface area (Å²) in [5.41, 5.74) is 9.11. The van der Waals surface area contributed by atoms with Gasteiger partial charge < -0.3 is 5.73 Å². The number of thioether (sulfide) groups is 1. The summed E-state index contributed by atoms with van der Waals surface area (Å²) in [5.74, 6) is 0.643. The molecule has 2 rings (SSSR count). The molecule has 0 heterocycles. The van der Waals surface area contributed by atoms with Gasteiger partial charge in [-0.2, -0.15) is 0 Å². The molecule has 0 spiro atoms. The highest BCUT2D eigenvalue weighted by Crippen LogP contribution is 2.42. The van der Waals surface area contributed by atoms with Crippen LogP contribution in [0, 0.1) is 5.92 Å². The van der Waals surface area contributed by atoms with Crippen molar-refractivity contribution in [3.63, 3.8) is 0 Å². The van der Waals surface area contributed by atoms with Gasteiger partial charge in [0.2, 0.25) is 0 Å². The van der Waals surface area contributed by atoms with Crippen molar-refractivity contribution in [1.29, 1.82) is 0 Å². The van der Waals surface area contributed by atoms with E-state index in [1.54, 1.807) is 0 Å². The van der Waals surface area contributed by atoms with Crippen LogP contribution in [0.2, 0.25) is 0 Å². The van der Waals surface area contributed by atoms with E-state index in [1.807, 2.05) is 17.8 Å². The molecule has 0 bridgehead atoms. The van der Waals surface area contributed by atoms with Gasteiger partial charge in [-0.05, 0) is 17.0 Å². The molecule has 2 N–H and O–H groups in total. The summed E-state index contributed by atoms with van der Waals surface area (Å²) in [7, 11) is 0. The van der Waals surface area contributed by atoms with Crippen LogP contribution in [0.5, 0.6) is 0 Å². The number of hydrogen-bond donors (Lipinski definition) is 1. The van der Waals surface area contributed by atoms with Crippen LogP contribution in [0.25, 0.3) is 0 Å². The van der Waals surface area contributed by atoms with Crippen LogP contribution in [0.3, 0.4) is 0 Å². The van der Waals surface area contributed by atoms with E-state index in [4.69, 9.17) is 5.73 Å². The van der Waals surface area contributed by atoms with Gasteiger partial charge in [-0.15, -0.1) is 11.8 Å². The second-order valence-corrected chi connectivity index (χ2v) is 7.38. The Balaban J connectivity index is 2.27. The lowest BCUT2D eigenvalue weighted by atomic mass is 9.99. The third kappa shape index (κ3) is 4.36. The first-order valence-electron chi connectivity index (χ1n) is 7.60. The summed E-state index contributed by atoms with van der Waals surface area (Å²) in [6, 6.07) is 21.1. The maximum atomic E-state index is 6.60. The molecule has 0 saturated carbocycles. The monoisotopic (exact) mass is 299 g/mol. The van der Waals surface area contributed by atoms with E-state index in [0.717, 1.165) is 0 Å². The van der Waals surface area contributed by atoms with Crippen LogP contribution < -0.4 is 5.73 Å². The minimum absolute atomic E-state index is 0.0137. The predicted molar refractivity (Wildman–Crippen MR) is 94.4 cm³/mol. The van der Waals surface area contributed by atoms with Gasteiger partial charge in [-0.3, -0.25) is 0 Å². The molecule has 0 aliphatic carbocycles. The minimum atomic E-state index is 0.0137. The molecule has 0 aliphatic heterocycles. The van der Waals surface area contributed by atoms with Crippen LogP contribution >= 0.6 is 11.8 Å². The number of rotatable bonds is 6. The maximum Gasteiger partial charge on any atom is 0.0492 e. The average molecular weight is 299 g/mol. The zero-order valence-corrected chi connectivity index (χ0v) is 13.9. The lowest BCUT2D eigenvalue weighted by molar-refractivity contribution is 0.629. The highest BCUT2D eigenvalue weighted by atomic mass is 32.2. The highest BCUT2D eigenvalue weighted by molar-refractivity contribution is 8.00. The fourth-order valence-electron chi connectivity index (χ4n) is 2.25. The van der Waals surface area contributed by atoms with E-state index >= 15 is 0 Å². The standard InChI is InChI=1S/C19H25NS/c1-14(2)15(3)21-19(17-12-8-5-9-13-17)18(20)16-10-6-4-7-11-16/h4-15,18-19H,20H2,1-3H3. The van der Waals surface area contributed by atoms with E-state index < -0.39 is 0 Å². The Morgan fingerprint density at radius 2 is 1.24 bits per heavy atom. The molecule has 112 valence electrons. The van der Waals surface area contributed by atoms with Gasteiger partial charge in [-0.25, -0.2) is 0 Å². The van der Waals surface area contributed by atoms with Crippen molar-refractivity contribution in [3.8, 4) is 0 Å². The van der Waals surface area contributed by atoms with Crippen LogP contribution in [-0.4, -0.2) is 5.25 Å². The largest absolute Gasteiger partial charge is 0.323 e. The summed E-state index contributed by atoms with van der Waals surface area (Å²) < 4.78 is 0. The van der Waals surface area contributed by atoms with Gasteiger partial charge in [0.15, 0.2) is 0 Å². The SMILES string of the molecule is CC(C)C(C)SC(c1ccccc1)C(N)c1ccccc1. The number of benzene rings is 2. The van der Waals surface area contributed by atoms with Crippen LogP contribution in [0.15, 0.2) is 60.7 Å². The second-order valence-electron chi connectivity index (χ2n) is 5.85. The molecular formula is C19H25NS. The normalized spacial score (nSPS) is 15.7. The topological polar surface area (TPSA) is 26.0 Å². The Kier molecular flexibility index (Phi) is 5.89. The first-order chi connectivity index (χ1) is 10.1. The van der Waals surface area contributed by atoms with Crippen molar-refractivity contribution >= 4 is 11.8 Å². The third-order valence-electron chi connectivity index (χ3n) is 3.94. The third-order valence-corrected chi connectivity index (χ3v) is 5.77. The van der Waals surface area contributed by atoms with Crippen LogP contribution in [0.4, 0.5) is 0 Å². The fourth-order valence-corrected chi connectivity index (χ4v) is 3.67. The molecule has 0 saturated heterocycles. The summed E-state index contributed by atoms with van der Waals surface area (Å²) in [4.78, 5) is 0. The first kappa shape index (κ1) is 16.1. The quantitative estimate of drug-likeness (QED) is 0.793. The molecule has 2 aromatic carbocycles. The van der Waals surface area contributed by atoms with E-state index in [0.29, 0.717) is 11.2 Å². The zero-order chi connectivity index (χ0) is 15.2. The van der Waals surface area contributed by atoms with Crippen molar-refractivity contribution in [1.82, 2.24) is 0 Å². The van der Waals surface area contributed by atoms with E-state index in [-0.39, 0.29) is 11.3 Å². The predicted octanol–water partition coefficient (Wildman–Crippen LogP) is 5.21. The van der Waals surface area contributed by atoms with Crippen molar-refractivity contribution in [3.05, 3.63) is 71.8 Å². The molecule has 1 nitrogen and oxygen atoms in total. The molecule has 0 radical (unpaired) electrons. The lowest BCUT2D eigenvalue weighted by Gasteiger charge is -2.28.